The number of primary amides is 1. The molecule has 4 N–H and O–H groups in total. The Kier molecular flexibility index (Phi) is 5.92. The Hall–Kier alpha value is -2.84. The Bertz CT molecular complexity index is 1250. The summed E-state index contributed by atoms with van der Waals surface area (Å²) in [4.78, 5) is 27.2. The Morgan fingerprint density at radius 3 is 2.47 bits per heavy atom. The van der Waals surface area contributed by atoms with E-state index in [4.69, 9.17) is 17.3 Å². The number of benzene rings is 2. The topological polar surface area (TPSA) is 122 Å². The van der Waals surface area contributed by atoms with Gasteiger partial charge in [-0.05, 0) is 49.7 Å². The van der Waals surface area contributed by atoms with Gasteiger partial charge in [-0.1, -0.05) is 30.7 Å². The second-order valence-corrected chi connectivity index (χ2v) is 9.62. The number of halogens is 1. The van der Waals surface area contributed by atoms with Crippen LogP contribution >= 0.6 is 11.6 Å². The van der Waals surface area contributed by atoms with Crippen molar-refractivity contribution in [1.82, 2.24) is 10.3 Å². The smallest absolute Gasteiger partial charge is 0.269 e. The van der Waals surface area contributed by atoms with E-state index in [0.717, 1.165) is 5.56 Å². The lowest BCUT2D eigenvalue weighted by molar-refractivity contribution is -0.121. The maximum Gasteiger partial charge on any atom is 0.269 e. The highest BCUT2D eigenvalue weighted by Crippen LogP contribution is 2.33. The van der Waals surface area contributed by atoms with Gasteiger partial charge in [0.1, 0.15) is 10.6 Å². The first kappa shape index (κ1) is 21.9. The van der Waals surface area contributed by atoms with Crippen LogP contribution in [0.5, 0.6) is 0 Å². The summed E-state index contributed by atoms with van der Waals surface area (Å²) in [6.07, 6.45) is 0. The van der Waals surface area contributed by atoms with Crippen LogP contribution < -0.4 is 11.1 Å². The van der Waals surface area contributed by atoms with Gasteiger partial charge in [0.15, 0.2) is 0 Å². The van der Waals surface area contributed by atoms with Gasteiger partial charge < -0.3 is 16.0 Å². The molecule has 2 atom stereocenters. The molecule has 9 heteroatoms. The molecular weight excluding hydrogens is 426 g/mol. The summed E-state index contributed by atoms with van der Waals surface area (Å²) in [6, 6.07) is 10.6. The average molecular weight is 448 g/mol. The van der Waals surface area contributed by atoms with E-state index in [1.165, 1.54) is 18.2 Å². The van der Waals surface area contributed by atoms with Gasteiger partial charge in [0, 0.05) is 22.0 Å². The summed E-state index contributed by atoms with van der Waals surface area (Å²) >= 11 is 6.10. The van der Waals surface area contributed by atoms with Crippen LogP contribution in [-0.2, 0) is 14.6 Å². The molecule has 1 heterocycles. The second-order valence-electron chi connectivity index (χ2n) is 7.29. The molecule has 0 saturated carbocycles. The van der Waals surface area contributed by atoms with Crippen LogP contribution in [0.3, 0.4) is 0 Å². The van der Waals surface area contributed by atoms with Crippen LogP contribution in [0, 0.1) is 12.8 Å². The molecule has 0 saturated heterocycles. The minimum atomic E-state index is -4.05. The summed E-state index contributed by atoms with van der Waals surface area (Å²) in [7, 11) is -4.05. The van der Waals surface area contributed by atoms with Crippen molar-refractivity contribution < 1.29 is 18.0 Å². The van der Waals surface area contributed by atoms with E-state index in [0.29, 0.717) is 15.9 Å². The third-order valence-corrected chi connectivity index (χ3v) is 7.14. The predicted octanol–water partition coefficient (Wildman–Crippen LogP) is 3.20. The van der Waals surface area contributed by atoms with Gasteiger partial charge in [0.2, 0.25) is 15.7 Å². The van der Waals surface area contributed by atoms with Gasteiger partial charge >= 0.3 is 0 Å². The molecule has 0 aliphatic heterocycles. The van der Waals surface area contributed by atoms with Gasteiger partial charge in [-0.3, -0.25) is 9.59 Å². The van der Waals surface area contributed by atoms with E-state index in [1.54, 1.807) is 45.0 Å². The van der Waals surface area contributed by atoms with Crippen molar-refractivity contribution in [3.63, 3.8) is 0 Å². The molecule has 0 bridgehead atoms. The fraction of sp³-hybridized carbons (Fsp3) is 0.238. The Morgan fingerprint density at radius 1 is 1.13 bits per heavy atom. The highest BCUT2D eigenvalue weighted by molar-refractivity contribution is 7.91. The number of nitrogens with two attached hydrogens (primary N) is 1. The van der Waals surface area contributed by atoms with E-state index in [2.05, 4.69) is 10.3 Å². The number of aromatic amines is 1. The Morgan fingerprint density at radius 2 is 1.83 bits per heavy atom. The Balaban J connectivity index is 2.19. The van der Waals surface area contributed by atoms with Gasteiger partial charge in [-0.25, -0.2) is 8.42 Å². The maximum atomic E-state index is 13.5. The van der Waals surface area contributed by atoms with Crippen molar-refractivity contribution in [1.29, 1.82) is 0 Å². The molecule has 0 aliphatic rings. The zero-order valence-corrected chi connectivity index (χ0v) is 18.3. The van der Waals surface area contributed by atoms with Crippen LogP contribution in [0.4, 0.5) is 0 Å². The normalized spacial score (nSPS) is 13.7. The van der Waals surface area contributed by atoms with E-state index in [1.807, 2.05) is 0 Å². The van der Waals surface area contributed by atoms with Crippen molar-refractivity contribution >= 4 is 44.2 Å². The highest BCUT2D eigenvalue weighted by atomic mass is 35.5. The highest BCUT2D eigenvalue weighted by Gasteiger charge is 2.31. The van der Waals surface area contributed by atoms with Crippen LogP contribution in [0.1, 0.15) is 29.9 Å². The third kappa shape index (κ3) is 4.06. The largest absolute Gasteiger partial charge is 0.369 e. The molecule has 0 radical (unpaired) electrons. The number of fused-ring (bicyclic) bond motifs is 1. The molecule has 3 rings (SSSR count). The number of carbonyl (C=O) groups excluding carboxylic acids is 2. The number of aromatic nitrogens is 1. The number of rotatable bonds is 6. The van der Waals surface area contributed by atoms with Gasteiger partial charge in [-0.2, -0.15) is 0 Å². The summed E-state index contributed by atoms with van der Waals surface area (Å²) in [6.45, 7) is 5.00. The number of nitrogens with one attached hydrogen (secondary N) is 2. The molecule has 2 amide bonds. The first-order valence-corrected chi connectivity index (χ1v) is 11.1. The number of H-pyrrole nitrogens is 1. The molecule has 0 aliphatic carbocycles. The predicted molar refractivity (Wildman–Crippen MR) is 115 cm³/mol. The number of amides is 2. The second kappa shape index (κ2) is 8.12. The lowest BCUT2D eigenvalue weighted by Gasteiger charge is -2.18. The summed E-state index contributed by atoms with van der Waals surface area (Å²) in [5, 5.41) is 3.31. The van der Waals surface area contributed by atoms with Gasteiger partial charge in [-0.15, -0.1) is 0 Å². The monoisotopic (exact) mass is 447 g/mol. The molecule has 158 valence electrons. The lowest BCUT2D eigenvalue weighted by Crippen LogP contribution is -2.42. The molecule has 3 aromatic rings. The number of carbonyl (C=O) groups is 2. The van der Waals surface area contributed by atoms with E-state index in [-0.39, 0.29) is 15.5 Å². The number of aryl methyl sites for hydroxylation is 1. The summed E-state index contributed by atoms with van der Waals surface area (Å²) in [5.41, 5.74) is 6.40. The minimum absolute atomic E-state index is 0.0657. The molecule has 7 nitrogen and oxygen atoms in total. The quantitative estimate of drug-likeness (QED) is 0.537. The van der Waals surface area contributed by atoms with Gasteiger partial charge in [0.25, 0.3) is 5.91 Å². The van der Waals surface area contributed by atoms with Crippen LogP contribution in [-0.4, -0.2) is 31.3 Å². The Labute approximate surface area is 179 Å². The van der Waals surface area contributed by atoms with E-state index < -0.39 is 33.6 Å². The van der Waals surface area contributed by atoms with Crippen LogP contribution in [0.2, 0.25) is 5.02 Å². The van der Waals surface area contributed by atoms with Gasteiger partial charge in [0.05, 0.1) is 10.8 Å². The minimum Gasteiger partial charge on any atom is -0.369 e. The number of sulfone groups is 1. The average Bonchev–Trinajstić information content (AvgIpc) is 3.06. The molecule has 2 unspecified atom stereocenters. The third-order valence-electron chi connectivity index (χ3n) is 5.07. The SMILES string of the molecule is Cc1cccc(S(=O)(=O)c2c(C(=O)NC(C)C(C)C(N)=O)[nH]c3ccc(Cl)cc23)c1. The van der Waals surface area contributed by atoms with Crippen molar-refractivity contribution in [3.05, 3.63) is 58.7 Å². The fourth-order valence-electron chi connectivity index (χ4n) is 3.13. The van der Waals surface area contributed by atoms with Crippen molar-refractivity contribution in [2.75, 3.05) is 0 Å². The summed E-state index contributed by atoms with van der Waals surface area (Å²) < 4.78 is 27.0. The zero-order valence-electron chi connectivity index (χ0n) is 16.7. The fourth-order valence-corrected chi connectivity index (χ4v) is 5.01. The zero-order chi connectivity index (χ0) is 22.2. The lowest BCUT2D eigenvalue weighted by atomic mass is 10.0. The standard InChI is InChI=1S/C21H22ClN3O4S/c1-11-5-4-6-15(9-11)30(28,29)19-16-10-14(22)7-8-17(16)25-18(19)21(27)24-13(3)12(2)20(23)26/h4-10,12-13,25H,1-3H3,(H2,23,26)(H,24,27). The number of hydrogen-bond acceptors (Lipinski definition) is 4. The first-order chi connectivity index (χ1) is 14.0. The van der Waals surface area contributed by atoms with E-state index in [9.17, 15) is 18.0 Å². The molecule has 0 fully saturated rings. The number of hydrogen-bond donors (Lipinski definition) is 3. The van der Waals surface area contributed by atoms with Crippen LogP contribution in [0.15, 0.2) is 52.3 Å². The van der Waals surface area contributed by atoms with E-state index >= 15 is 0 Å². The van der Waals surface area contributed by atoms with Crippen LogP contribution in [0.25, 0.3) is 10.9 Å². The van der Waals surface area contributed by atoms with Crippen molar-refractivity contribution in [2.45, 2.75) is 36.6 Å². The molecule has 30 heavy (non-hydrogen) atoms. The first-order valence-electron chi connectivity index (χ1n) is 9.25. The molecule has 1 aromatic heterocycles. The molecule has 0 spiro atoms. The molecular formula is C21H22ClN3O4S. The summed E-state index contributed by atoms with van der Waals surface area (Å²) in [5.74, 6) is -1.86. The van der Waals surface area contributed by atoms with Crippen molar-refractivity contribution in [2.24, 2.45) is 11.7 Å². The molecule has 2 aromatic carbocycles. The van der Waals surface area contributed by atoms with Crippen molar-refractivity contribution in [3.8, 4) is 0 Å². The maximum absolute atomic E-state index is 13.5.